The van der Waals surface area contributed by atoms with E-state index < -0.39 is 18.5 Å². The number of rotatable bonds is 8. The molecule has 1 aromatic carbocycles. The number of methoxy groups -OCH3 is 1. The van der Waals surface area contributed by atoms with E-state index in [0.717, 1.165) is 16.6 Å². The van der Waals surface area contributed by atoms with Gasteiger partial charge in [-0.1, -0.05) is 18.2 Å². The Bertz CT molecular complexity index is 1440. The monoisotopic (exact) mass is 546 g/mol. The lowest BCUT2D eigenvalue weighted by Crippen LogP contribution is -2.42. The third kappa shape index (κ3) is 5.88. The quantitative estimate of drug-likeness (QED) is 0.440. The van der Waals surface area contributed by atoms with E-state index in [1.165, 1.54) is 7.11 Å². The number of nitrogens with zero attached hydrogens (tertiary/aromatic N) is 2. The smallest absolute Gasteiger partial charge is 0.451 e. The molecular formula is C28H33F3N4O4. The number of likely N-dealkylation sites (tertiary alicyclic amines) is 1. The van der Waals surface area contributed by atoms with Crippen LogP contribution in [0.5, 0.6) is 5.75 Å². The second-order valence-electron chi connectivity index (χ2n) is 10.1. The van der Waals surface area contributed by atoms with Crippen molar-refractivity contribution in [2.45, 2.75) is 52.4 Å². The molecule has 1 amide bonds. The average molecular weight is 547 g/mol. The van der Waals surface area contributed by atoms with Crippen LogP contribution < -0.4 is 15.6 Å². The maximum atomic E-state index is 13.5. The van der Waals surface area contributed by atoms with Gasteiger partial charge in [0.2, 0.25) is 5.78 Å². The van der Waals surface area contributed by atoms with Gasteiger partial charge < -0.3 is 19.6 Å². The molecule has 2 N–H and O–H groups in total. The minimum absolute atomic E-state index is 0.0127. The minimum Gasteiger partial charge on any atom is -0.496 e. The van der Waals surface area contributed by atoms with Crippen LogP contribution in [0.1, 0.15) is 53.1 Å². The molecule has 0 saturated carbocycles. The Balaban J connectivity index is 1.54. The molecule has 3 heterocycles. The number of Topliss-reactive ketones (excluding diaryl/α,β-unsaturated/α-hetero) is 1. The number of amides is 1. The molecule has 210 valence electrons. The van der Waals surface area contributed by atoms with Gasteiger partial charge in [0.25, 0.3) is 11.5 Å². The van der Waals surface area contributed by atoms with Crippen LogP contribution in [-0.4, -0.2) is 59.1 Å². The predicted molar refractivity (Wildman–Crippen MR) is 141 cm³/mol. The number of H-pyrrole nitrogens is 1. The molecule has 1 saturated heterocycles. The van der Waals surface area contributed by atoms with Crippen molar-refractivity contribution in [2.24, 2.45) is 5.92 Å². The number of nitrogens with one attached hydrogen (secondary N) is 2. The van der Waals surface area contributed by atoms with Crippen molar-refractivity contribution in [1.29, 1.82) is 0 Å². The Kier molecular flexibility index (Phi) is 8.20. The number of ether oxygens (including phenoxy) is 1. The summed E-state index contributed by atoms with van der Waals surface area (Å²) >= 11 is 0. The molecule has 0 spiro atoms. The number of aryl methyl sites for hydroxylation is 1. The normalized spacial score (nSPS) is 15.9. The van der Waals surface area contributed by atoms with Crippen LogP contribution in [-0.2, 0) is 11.3 Å². The second-order valence-corrected chi connectivity index (χ2v) is 10.1. The number of para-hydroxylation sites is 1. The van der Waals surface area contributed by atoms with Gasteiger partial charge in [-0.05, 0) is 64.8 Å². The van der Waals surface area contributed by atoms with Crippen molar-refractivity contribution in [3.05, 3.63) is 63.2 Å². The van der Waals surface area contributed by atoms with E-state index in [0.29, 0.717) is 48.5 Å². The van der Waals surface area contributed by atoms with Gasteiger partial charge in [-0.3, -0.25) is 19.3 Å². The van der Waals surface area contributed by atoms with E-state index in [4.69, 9.17) is 4.74 Å². The highest BCUT2D eigenvalue weighted by Gasteiger charge is 2.39. The molecule has 39 heavy (non-hydrogen) atoms. The van der Waals surface area contributed by atoms with Gasteiger partial charge in [0.05, 0.1) is 31.3 Å². The van der Waals surface area contributed by atoms with Crippen LogP contribution in [0.4, 0.5) is 13.2 Å². The molecule has 3 aromatic rings. The van der Waals surface area contributed by atoms with E-state index >= 15 is 0 Å². The number of halogens is 3. The summed E-state index contributed by atoms with van der Waals surface area (Å²) in [4.78, 5) is 41.6. The van der Waals surface area contributed by atoms with E-state index in [2.05, 4.69) is 21.8 Å². The molecule has 0 bridgehead atoms. The lowest BCUT2D eigenvalue weighted by Gasteiger charge is -2.36. The fourth-order valence-electron chi connectivity index (χ4n) is 5.59. The van der Waals surface area contributed by atoms with Gasteiger partial charge in [0.1, 0.15) is 5.75 Å². The highest BCUT2D eigenvalue weighted by molar-refractivity contribution is 6.08. The van der Waals surface area contributed by atoms with E-state index in [9.17, 15) is 27.6 Å². The Labute approximate surface area is 224 Å². The van der Waals surface area contributed by atoms with Crippen molar-refractivity contribution in [2.75, 3.05) is 26.7 Å². The number of aromatic nitrogens is 2. The first kappa shape index (κ1) is 28.4. The Morgan fingerprint density at radius 2 is 1.85 bits per heavy atom. The largest absolute Gasteiger partial charge is 0.496 e. The standard InChI is InChI=1S/C28H33F3N4O4/c1-16-13-23(39-4)21(26(37)33-16)14-32-27(38)25-18(3)35(22-8-6-5-7-20(22)25)17(2)19-9-11-34(12-10-19)15-24(36)28(29,30)31/h5-8,13,17,19H,9-12,14-15H2,1-4H3,(H,32,38)(H,33,37). The zero-order valence-electron chi connectivity index (χ0n) is 22.4. The molecule has 2 aromatic heterocycles. The van der Waals surface area contributed by atoms with Crippen molar-refractivity contribution in [3.8, 4) is 5.75 Å². The Morgan fingerprint density at radius 1 is 1.18 bits per heavy atom. The van der Waals surface area contributed by atoms with Gasteiger partial charge in [-0.25, -0.2) is 0 Å². The molecule has 4 rings (SSSR count). The summed E-state index contributed by atoms with van der Waals surface area (Å²) in [5, 5.41) is 3.64. The number of pyridine rings is 1. The molecule has 1 aliphatic rings. The number of carbonyl (C=O) groups excluding carboxylic acids is 2. The lowest BCUT2D eigenvalue weighted by atomic mass is 9.89. The first-order valence-electron chi connectivity index (χ1n) is 12.9. The summed E-state index contributed by atoms with van der Waals surface area (Å²) in [6.45, 7) is 5.85. The first-order chi connectivity index (χ1) is 18.4. The van der Waals surface area contributed by atoms with E-state index in [1.807, 2.05) is 31.2 Å². The fourth-order valence-corrected chi connectivity index (χ4v) is 5.59. The molecule has 1 atom stereocenters. The summed E-state index contributed by atoms with van der Waals surface area (Å²) in [5.74, 6) is -1.49. The number of benzene rings is 1. The zero-order chi connectivity index (χ0) is 28.5. The summed E-state index contributed by atoms with van der Waals surface area (Å²) in [6.07, 6.45) is -3.55. The molecule has 1 fully saturated rings. The van der Waals surface area contributed by atoms with Gasteiger partial charge in [-0.2, -0.15) is 13.2 Å². The molecule has 8 nitrogen and oxygen atoms in total. The fraction of sp³-hybridized carbons (Fsp3) is 0.464. The average Bonchev–Trinajstić information content (AvgIpc) is 3.18. The van der Waals surface area contributed by atoms with Crippen LogP contribution in [0, 0.1) is 19.8 Å². The molecule has 1 unspecified atom stereocenters. The molecular weight excluding hydrogens is 513 g/mol. The number of hydrogen-bond acceptors (Lipinski definition) is 5. The highest BCUT2D eigenvalue weighted by atomic mass is 19.4. The predicted octanol–water partition coefficient (Wildman–Crippen LogP) is 4.29. The van der Waals surface area contributed by atoms with Gasteiger partial charge in [0.15, 0.2) is 0 Å². The topological polar surface area (TPSA) is 96.4 Å². The molecule has 1 aliphatic heterocycles. The molecule has 11 heteroatoms. The van der Waals surface area contributed by atoms with Crippen LogP contribution in [0.3, 0.4) is 0 Å². The Hall–Kier alpha value is -3.60. The number of ketones is 1. The summed E-state index contributed by atoms with van der Waals surface area (Å²) in [5.41, 5.74) is 2.80. The maximum absolute atomic E-state index is 13.5. The number of carbonyl (C=O) groups is 2. The van der Waals surface area contributed by atoms with Gasteiger partial charge >= 0.3 is 6.18 Å². The SMILES string of the molecule is COc1cc(C)[nH]c(=O)c1CNC(=O)c1c(C)n(C(C)C2CCN(CC(=O)C(F)(F)F)CC2)c2ccccc12. The number of aromatic amines is 1. The number of piperidine rings is 1. The Morgan fingerprint density at radius 3 is 2.49 bits per heavy atom. The summed E-state index contributed by atoms with van der Waals surface area (Å²) in [6, 6.07) is 9.25. The summed E-state index contributed by atoms with van der Waals surface area (Å²) in [7, 11) is 1.47. The first-order valence-corrected chi connectivity index (χ1v) is 12.9. The third-order valence-electron chi connectivity index (χ3n) is 7.66. The van der Waals surface area contributed by atoms with Crippen molar-refractivity contribution in [3.63, 3.8) is 0 Å². The van der Waals surface area contributed by atoms with Crippen LogP contribution >= 0.6 is 0 Å². The highest BCUT2D eigenvalue weighted by Crippen LogP contribution is 2.36. The summed E-state index contributed by atoms with van der Waals surface area (Å²) < 4.78 is 45.5. The zero-order valence-corrected chi connectivity index (χ0v) is 22.4. The van der Waals surface area contributed by atoms with Crippen LogP contribution in [0.15, 0.2) is 35.1 Å². The second kappa shape index (κ2) is 11.3. The minimum atomic E-state index is -4.82. The van der Waals surface area contributed by atoms with Crippen molar-refractivity contribution < 1.29 is 27.5 Å². The molecule has 0 aliphatic carbocycles. The number of alkyl halides is 3. The number of hydrogen-bond donors (Lipinski definition) is 2. The van der Waals surface area contributed by atoms with Crippen LogP contribution in [0.2, 0.25) is 0 Å². The number of fused-ring (bicyclic) bond motifs is 1. The van der Waals surface area contributed by atoms with E-state index in [1.54, 1.807) is 17.9 Å². The van der Waals surface area contributed by atoms with Gasteiger partial charge in [0, 0.05) is 28.3 Å². The van der Waals surface area contributed by atoms with E-state index in [-0.39, 0.29) is 30.0 Å². The van der Waals surface area contributed by atoms with Gasteiger partial charge in [-0.15, -0.1) is 0 Å². The van der Waals surface area contributed by atoms with Crippen molar-refractivity contribution >= 4 is 22.6 Å². The van der Waals surface area contributed by atoms with Crippen molar-refractivity contribution in [1.82, 2.24) is 19.8 Å². The maximum Gasteiger partial charge on any atom is 0.451 e. The van der Waals surface area contributed by atoms with Crippen LogP contribution in [0.25, 0.3) is 10.9 Å². The third-order valence-corrected chi connectivity index (χ3v) is 7.66. The lowest BCUT2D eigenvalue weighted by molar-refractivity contribution is -0.172. The molecule has 0 radical (unpaired) electrons.